The molecule has 1 amide bonds. The molecule has 1 saturated heterocycles. The summed E-state index contributed by atoms with van der Waals surface area (Å²) in [5, 5.41) is 13.0. The summed E-state index contributed by atoms with van der Waals surface area (Å²) in [6, 6.07) is 0.947. The van der Waals surface area contributed by atoms with Crippen molar-refractivity contribution in [2.24, 2.45) is 0 Å². The highest BCUT2D eigenvalue weighted by molar-refractivity contribution is 5.83. The van der Waals surface area contributed by atoms with Crippen LogP contribution in [0.2, 0.25) is 0 Å². The topological polar surface area (TPSA) is 122 Å². The third-order valence-corrected chi connectivity index (χ3v) is 3.89. The predicted octanol–water partition coefficient (Wildman–Crippen LogP) is 0.925. The summed E-state index contributed by atoms with van der Waals surface area (Å²) in [6.45, 7) is 0.475. The molecule has 24 heavy (non-hydrogen) atoms. The van der Waals surface area contributed by atoms with Crippen LogP contribution in [0.25, 0.3) is 11.6 Å². The first-order valence-electron chi connectivity index (χ1n) is 7.77. The lowest BCUT2D eigenvalue weighted by Crippen LogP contribution is -2.48. The van der Waals surface area contributed by atoms with E-state index in [9.17, 15) is 14.7 Å². The second-order valence-corrected chi connectivity index (χ2v) is 5.52. The zero-order valence-corrected chi connectivity index (χ0v) is 13.0. The molecule has 126 valence electrons. The van der Waals surface area contributed by atoms with Crippen LogP contribution >= 0.6 is 0 Å². The highest BCUT2D eigenvalue weighted by Crippen LogP contribution is 2.19. The number of likely N-dealkylation sites (tertiary alicyclic amines) is 1. The lowest BCUT2D eigenvalue weighted by atomic mass is 10.0. The first-order valence-corrected chi connectivity index (χ1v) is 7.77. The fourth-order valence-electron chi connectivity index (χ4n) is 2.71. The van der Waals surface area contributed by atoms with Crippen molar-refractivity contribution in [3.05, 3.63) is 24.4 Å². The number of carboxylic acid groups (broad SMARTS) is 1. The molecule has 2 aromatic rings. The van der Waals surface area contributed by atoms with Gasteiger partial charge in [0.15, 0.2) is 0 Å². The van der Waals surface area contributed by atoms with Crippen LogP contribution < -0.4 is 0 Å². The molecule has 0 spiro atoms. The molecule has 9 nitrogen and oxygen atoms in total. The maximum absolute atomic E-state index is 12.3. The second kappa shape index (κ2) is 7.16. The summed E-state index contributed by atoms with van der Waals surface area (Å²) in [6.07, 6.45) is 5.67. The molecule has 0 radical (unpaired) electrons. The molecule has 1 aliphatic rings. The number of nitrogens with zero attached hydrogens (tertiary/aromatic N) is 5. The number of rotatable bonds is 5. The number of aromatic nitrogens is 4. The summed E-state index contributed by atoms with van der Waals surface area (Å²) < 4.78 is 5.10. The van der Waals surface area contributed by atoms with E-state index in [-0.39, 0.29) is 24.6 Å². The monoisotopic (exact) mass is 331 g/mol. The van der Waals surface area contributed by atoms with Gasteiger partial charge in [0.05, 0.1) is 0 Å². The minimum Gasteiger partial charge on any atom is -0.480 e. The van der Waals surface area contributed by atoms with Gasteiger partial charge >= 0.3 is 5.97 Å². The summed E-state index contributed by atoms with van der Waals surface area (Å²) >= 11 is 0. The summed E-state index contributed by atoms with van der Waals surface area (Å²) in [5.74, 6) is -0.253. The summed E-state index contributed by atoms with van der Waals surface area (Å²) in [5.41, 5.74) is 0. The molecule has 0 saturated carbocycles. The summed E-state index contributed by atoms with van der Waals surface area (Å²) in [7, 11) is 0. The van der Waals surface area contributed by atoms with Gasteiger partial charge in [-0.1, -0.05) is 5.16 Å². The van der Waals surface area contributed by atoms with E-state index in [1.54, 1.807) is 18.5 Å². The fraction of sp³-hybridized carbons (Fsp3) is 0.467. The van der Waals surface area contributed by atoms with Crippen LogP contribution in [0.1, 0.15) is 31.6 Å². The number of piperidine rings is 1. The van der Waals surface area contributed by atoms with Crippen LogP contribution in [-0.4, -0.2) is 54.6 Å². The van der Waals surface area contributed by atoms with Crippen LogP contribution in [0.5, 0.6) is 0 Å². The van der Waals surface area contributed by atoms with Gasteiger partial charge in [0.25, 0.3) is 0 Å². The average molecular weight is 331 g/mol. The Morgan fingerprint density at radius 1 is 1.25 bits per heavy atom. The Bertz CT molecular complexity index is 718. The highest BCUT2D eigenvalue weighted by Gasteiger charge is 2.31. The van der Waals surface area contributed by atoms with Crippen LogP contribution in [0.15, 0.2) is 23.0 Å². The van der Waals surface area contributed by atoms with E-state index in [4.69, 9.17) is 4.52 Å². The lowest BCUT2D eigenvalue weighted by molar-refractivity contribution is -0.152. The molecule has 0 aliphatic carbocycles. The molecular formula is C15H17N5O4. The highest BCUT2D eigenvalue weighted by atomic mass is 16.5. The summed E-state index contributed by atoms with van der Waals surface area (Å²) in [4.78, 5) is 37.2. The van der Waals surface area contributed by atoms with Crippen LogP contribution in [0.3, 0.4) is 0 Å². The standard InChI is InChI=1S/C15H17N5O4/c21-12(20-9-2-1-4-10(20)15(22)23)6-5-11-18-14(19-24-11)13-16-7-3-8-17-13/h3,7-8,10H,1-2,4-6,9H2,(H,22,23)/t10-/m1/s1. The van der Waals surface area contributed by atoms with Gasteiger partial charge in [-0.05, 0) is 25.3 Å². The number of carbonyl (C=O) groups excluding carboxylic acids is 1. The number of aliphatic carboxylic acids is 1. The minimum atomic E-state index is -0.954. The van der Waals surface area contributed by atoms with E-state index in [1.165, 1.54) is 4.90 Å². The van der Waals surface area contributed by atoms with Crippen molar-refractivity contribution in [1.29, 1.82) is 0 Å². The van der Waals surface area contributed by atoms with E-state index < -0.39 is 12.0 Å². The van der Waals surface area contributed by atoms with Gasteiger partial charge in [0, 0.05) is 31.8 Å². The van der Waals surface area contributed by atoms with Gasteiger partial charge < -0.3 is 14.5 Å². The molecular weight excluding hydrogens is 314 g/mol. The average Bonchev–Trinajstić information content (AvgIpc) is 3.09. The molecule has 3 heterocycles. The number of hydrogen-bond acceptors (Lipinski definition) is 7. The maximum Gasteiger partial charge on any atom is 0.326 e. The Hall–Kier alpha value is -2.84. The van der Waals surface area contributed by atoms with Crippen molar-refractivity contribution in [3.63, 3.8) is 0 Å². The van der Waals surface area contributed by atoms with Crippen molar-refractivity contribution < 1.29 is 19.2 Å². The zero-order valence-electron chi connectivity index (χ0n) is 13.0. The van der Waals surface area contributed by atoms with Gasteiger partial charge in [-0.2, -0.15) is 4.98 Å². The largest absolute Gasteiger partial charge is 0.480 e. The van der Waals surface area contributed by atoms with Crippen molar-refractivity contribution >= 4 is 11.9 Å². The number of aryl methyl sites for hydroxylation is 1. The zero-order chi connectivity index (χ0) is 16.9. The first-order chi connectivity index (χ1) is 11.6. The van der Waals surface area contributed by atoms with Gasteiger partial charge in [-0.15, -0.1) is 0 Å². The smallest absolute Gasteiger partial charge is 0.326 e. The SMILES string of the molecule is O=C(O)[C@H]1CCCCN1C(=O)CCc1nc(-c2ncccn2)no1. The fourth-order valence-corrected chi connectivity index (χ4v) is 2.71. The van der Waals surface area contributed by atoms with E-state index in [1.807, 2.05) is 0 Å². The molecule has 0 unspecified atom stereocenters. The number of hydrogen-bond donors (Lipinski definition) is 1. The molecule has 9 heteroatoms. The molecule has 0 bridgehead atoms. The third-order valence-electron chi connectivity index (χ3n) is 3.89. The number of carboxylic acids is 1. The maximum atomic E-state index is 12.3. The molecule has 1 atom stereocenters. The third kappa shape index (κ3) is 3.55. The Kier molecular flexibility index (Phi) is 4.78. The molecule has 0 aromatic carbocycles. The Morgan fingerprint density at radius 3 is 2.79 bits per heavy atom. The Balaban J connectivity index is 1.60. The van der Waals surface area contributed by atoms with E-state index in [0.717, 1.165) is 12.8 Å². The Labute approximate surface area is 137 Å². The van der Waals surface area contributed by atoms with Crippen LogP contribution in [0, 0.1) is 0 Å². The van der Waals surface area contributed by atoms with Crippen molar-refractivity contribution in [3.8, 4) is 11.6 Å². The second-order valence-electron chi connectivity index (χ2n) is 5.52. The van der Waals surface area contributed by atoms with Crippen molar-refractivity contribution in [1.82, 2.24) is 25.0 Å². The van der Waals surface area contributed by atoms with Gasteiger partial charge in [-0.3, -0.25) is 4.79 Å². The molecule has 1 aliphatic heterocycles. The molecule has 1 fully saturated rings. The number of carbonyl (C=O) groups is 2. The normalized spacial score (nSPS) is 17.7. The predicted molar refractivity (Wildman–Crippen MR) is 80.6 cm³/mol. The van der Waals surface area contributed by atoms with Crippen molar-refractivity contribution in [2.45, 2.75) is 38.1 Å². The lowest BCUT2D eigenvalue weighted by Gasteiger charge is -2.32. The minimum absolute atomic E-state index is 0.126. The van der Waals surface area contributed by atoms with Gasteiger partial charge in [-0.25, -0.2) is 14.8 Å². The van der Waals surface area contributed by atoms with Crippen LogP contribution in [-0.2, 0) is 16.0 Å². The number of amides is 1. The van der Waals surface area contributed by atoms with E-state index in [0.29, 0.717) is 24.7 Å². The van der Waals surface area contributed by atoms with E-state index >= 15 is 0 Å². The van der Waals surface area contributed by atoms with Crippen molar-refractivity contribution in [2.75, 3.05) is 6.54 Å². The quantitative estimate of drug-likeness (QED) is 0.858. The van der Waals surface area contributed by atoms with Crippen LogP contribution in [0.4, 0.5) is 0 Å². The van der Waals surface area contributed by atoms with Gasteiger partial charge in [0.2, 0.25) is 23.4 Å². The molecule has 1 N–H and O–H groups in total. The van der Waals surface area contributed by atoms with E-state index in [2.05, 4.69) is 20.1 Å². The Morgan fingerprint density at radius 2 is 2.04 bits per heavy atom. The molecule has 3 rings (SSSR count). The van der Waals surface area contributed by atoms with Gasteiger partial charge in [0.1, 0.15) is 6.04 Å². The first kappa shape index (κ1) is 16.0. The molecule has 2 aromatic heterocycles.